The van der Waals surface area contributed by atoms with Gasteiger partial charge in [0, 0.05) is 30.0 Å². The van der Waals surface area contributed by atoms with Crippen LogP contribution < -0.4 is 15.4 Å². The van der Waals surface area contributed by atoms with E-state index >= 15 is 0 Å². The molecule has 176 valence electrons. The van der Waals surface area contributed by atoms with Crippen molar-refractivity contribution in [3.63, 3.8) is 0 Å². The molecule has 0 aliphatic carbocycles. The number of carbonyl (C=O) groups is 2. The van der Waals surface area contributed by atoms with Crippen LogP contribution in [0.25, 0.3) is 0 Å². The van der Waals surface area contributed by atoms with Crippen LogP contribution >= 0.6 is 15.9 Å². The lowest BCUT2D eigenvalue weighted by molar-refractivity contribution is -0.116. The Balaban J connectivity index is 1.30. The molecule has 0 spiro atoms. The van der Waals surface area contributed by atoms with E-state index in [1.165, 1.54) is 0 Å². The van der Waals surface area contributed by atoms with Crippen molar-refractivity contribution in [2.75, 3.05) is 23.8 Å². The molecule has 1 saturated heterocycles. The highest BCUT2D eigenvalue weighted by Gasteiger charge is 2.17. The summed E-state index contributed by atoms with van der Waals surface area (Å²) < 4.78 is 12.1. The summed E-state index contributed by atoms with van der Waals surface area (Å²) >= 11 is 3.49. The predicted molar refractivity (Wildman–Crippen MR) is 136 cm³/mol. The number of ether oxygens (including phenoxy) is 2. The first kappa shape index (κ1) is 24.0. The van der Waals surface area contributed by atoms with Gasteiger partial charge in [-0.05, 0) is 77.2 Å². The highest BCUT2D eigenvalue weighted by Crippen LogP contribution is 2.27. The Morgan fingerprint density at radius 3 is 2.50 bits per heavy atom. The molecular weight excluding hydrogens is 496 g/mol. The maximum absolute atomic E-state index is 12.8. The molecule has 0 bridgehead atoms. The van der Waals surface area contributed by atoms with Crippen molar-refractivity contribution in [2.24, 2.45) is 0 Å². The van der Waals surface area contributed by atoms with Crippen molar-refractivity contribution in [1.82, 2.24) is 0 Å². The minimum absolute atomic E-state index is 0.0742. The summed E-state index contributed by atoms with van der Waals surface area (Å²) in [5.41, 5.74) is 2.84. The lowest BCUT2D eigenvalue weighted by Gasteiger charge is -2.13. The third-order valence-electron chi connectivity index (χ3n) is 5.53. The van der Waals surface area contributed by atoms with Crippen LogP contribution in [0.1, 0.15) is 35.2 Å². The minimum Gasteiger partial charge on any atom is -0.490 e. The minimum atomic E-state index is -0.251. The van der Waals surface area contributed by atoms with Crippen molar-refractivity contribution in [3.8, 4) is 5.75 Å². The second-order valence-corrected chi connectivity index (χ2v) is 9.01. The summed E-state index contributed by atoms with van der Waals surface area (Å²) in [7, 11) is 0. The largest absolute Gasteiger partial charge is 0.490 e. The van der Waals surface area contributed by atoms with Crippen LogP contribution in [0.3, 0.4) is 0 Å². The average Bonchev–Trinajstić information content (AvgIpc) is 3.36. The first-order chi connectivity index (χ1) is 16.6. The number of rotatable bonds is 9. The van der Waals surface area contributed by atoms with Gasteiger partial charge >= 0.3 is 0 Å². The molecule has 2 N–H and O–H groups in total. The highest BCUT2D eigenvalue weighted by atomic mass is 79.9. The predicted octanol–water partition coefficient (Wildman–Crippen LogP) is 5.83. The molecule has 1 heterocycles. The van der Waals surface area contributed by atoms with Gasteiger partial charge in [-0.25, -0.2) is 0 Å². The van der Waals surface area contributed by atoms with E-state index in [0.717, 1.165) is 25.0 Å². The molecule has 6 nitrogen and oxygen atoms in total. The zero-order valence-corrected chi connectivity index (χ0v) is 20.3. The number of anilines is 2. The second kappa shape index (κ2) is 11.8. The summed E-state index contributed by atoms with van der Waals surface area (Å²) in [6.07, 6.45) is 3.25. The quantitative estimate of drug-likeness (QED) is 0.370. The highest BCUT2D eigenvalue weighted by molar-refractivity contribution is 9.10. The Hall–Kier alpha value is -3.16. The van der Waals surface area contributed by atoms with E-state index in [2.05, 4.69) is 26.6 Å². The molecule has 3 aromatic carbocycles. The van der Waals surface area contributed by atoms with E-state index in [9.17, 15) is 9.59 Å². The Morgan fingerprint density at radius 2 is 1.76 bits per heavy atom. The van der Waals surface area contributed by atoms with Gasteiger partial charge in [-0.15, -0.1) is 0 Å². The number of nitrogens with one attached hydrogen (secondary N) is 2. The molecule has 7 heteroatoms. The van der Waals surface area contributed by atoms with Crippen molar-refractivity contribution >= 4 is 39.1 Å². The molecule has 34 heavy (non-hydrogen) atoms. The number of halogens is 1. The topological polar surface area (TPSA) is 76.7 Å². The zero-order valence-electron chi connectivity index (χ0n) is 18.8. The van der Waals surface area contributed by atoms with E-state index in [1.54, 1.807) is 42.5 Å². The number of benzene rings is 3. The SMILES string of the molecule is O=C(CCc1ccccc1)Nc1cccc(NC(=O)c2ccc(OCC3CCCO3)c(Br)c2)c1. The van der Waals surface area contributed by atoms with Crippen LogP contribution in [-0.2, 0) is 16.0 Å². The van der Waals surface area contributed by atoms with Crippen LogP contribution in [0.5, 0.6) is 5.75 Å². The van der Waals surface area contributed by atoms with Gasteiger partial charge < -0.3 is 20.1 Å². The Kier molecular flexibility index (Phi) is 8.33. The Labute approximate surface area is 207 Å². The van der Waals surface area contributed by atoms with E-state index in [-0.39, 0.29) is 17.9 Å². The number of hydrogen-bond donors (Lipinski definition) is 2. The van der Waals surface area contributed by atoms with Crippen LogP contribution in [0.15, 0.2) is 77.3 Å². The second-order valence-electron chi connectivity index (χ2n) is 8.16. The Morgan fingerprint density at radius 1 is 0.971 bits per heavy atom. The molecule has 0 radical (unpaired) electrons. The van der Waals surface area contributed by atoms with Crippen LogP contribution in [-0.4, -0.2) is 31.1 Å². The molecule has 3 aromatic rings. The molecule has 1 aliphatic heterocycles. The van der Waals surface area contributed by atoms with Gasteiger partial charge in [-0.3, -0.25) is 9.59 Å². The standard InChI is InChI=1S/C27H27BrN2O4/c28-24-16-20(12-13-25(24)34-18-23-10-5-15-33-23)27(32)30-22-9-4-8-21(17-22)29-26(31)14-11-19-6-2-1-3-7-19/h1-4,6-9,12-13,16-17,23H,5,10-11,14-15,18H2,(H,29,31)(H,30,32). The number of amides is 2. The molecule has 2 amide bonds. The summed E-state index contributed by atoms with van der Waals surface area (Å²) in [6.45, 7) is 1.28. The lowest BCUT2D eigenvalue weighted by Crippen LogP contribution is -2.17. The average molecular weight is 523 g/mol. The fourth-order valence-corrected chi connectivity index (χ4v) is 4.21. The van der Waals surface area contributed by atoms with Crippen LogP contribution in [0.2, 0.25) is 0 Å². The van der Waals surface area contributed by atoms with Gasteiger partial charge in [0.05, 0.1) is 10.6 Å². The first-order valence-electron chi connectivity index (χ1n) is 11.4. The monoisotopic (exact) mass is 522 g/mol. The van der Waals surface area contributed by atoms with Gasteiger partial charge in [0.2, 0.25) is 5.91 Å². The normalized spacial score (nSPS) is 15.0. The van der Waals surface area contributed by atoms with E-state index in [0.29, 0.717) is 46.6 Å². The van der Waals surface area contributed by atoms with E-state index < -0.39 is 0 Å². The fourth-order valence-electron chi connectivity index (χ4n) is 3.72. The van der Waals surface area contributed by atoms with Crippen molar-refractivity contribution in [3.05, 3.63) is 88.4 Å². The van der Waals surface area contributed by atoms with E-state index in [4.69, 9.17) is 9.47 Å². The van der Waals surface area contributed by atoms with Crippen LogP contribution in [0.4, 0.5) is 11.4 Å². The molecule has 1 aliphatic rings. The third-order valence-corrected chi connectivity index (χ3v) is 6.15. The van der Waals surface area contributed by atoms with Gasteiger partial charge in [0.15, 0.2) is 0 Å². The molecule has 1 fully saturated rings. The smallest absolute Gasteiger partial charge is 0.255 e. The van der Waals surface area contributed by atoms with Gasteiger partial charge in [-0.2, -0.15) is 0 Å². The Bertz CT molecular complexity index is 1130. The van der Waals surface area contributed by atoms with Crippen LogP contribution in [0, 0.1) is 0 Å². The van der Waals surface area contributed by atoms with Crippen molar-refractivity contribution < 1.29 is 19.1 Å². The molecule has 0 aromatic heterocycles. The summed E-state index contributed by atoms with van der Waals surface area (Å²) in [5, 5.41) is 5.78. The van der Waals surface area contributed by atoms with Gasteiger partial charge in [0.1, 0.15) is 12.4 Å². The molecule has 4 rings (SSSR count). The molecule has 0 saturated carbocycles. The number of aryl methyl sites for hydroxylation is 1. The first-order valence-corrected chi connectivity index (χ1v) is 12.2. The van der Waals surface area contributed by atoms with Gasteiger partial charge in [0.25, 0.3) is 5.91 Å². The maximum Gasteiger partial charge on any atom is 0.255 e. The molecule has 1 unspecified atom stereocenters. The van der Waals surface area contributed by atoms with Crippen molar-refractivity contribution in [1.29, 1.82) is 0 Å². The number of carbonyl (C=O) groups excluding carboxylic acids is 2. The van der Waals surface area contributed by atoms with Gasteiger partial charge in [-0.1, -0.05) is 36.4 Å². The zero-order chi connectivity index (χ0) is 23.8. The number of hydrogen-bond acceptors (Lipinski definition) is 4. The van der Waals surface area contributed by atoms with Crippen molar-refractivity contribution in [2.45, 2.75) is 31.8 Å². The summed E-state index contributed by atoms with van der Waals surface area (Å²) in [5.74, 6) is 0.348. The summed E-state index contributed by atoms with van der Waals surface area (Å²) in [4.78, 5) is 25.1. The fraction of sp³-hybridized carbons (Fsp3) is 0.259. The molecular formula is C27H27BrN2O4. The summed E-state index contributed by atoms with van der Waals surface area (Å²) in [6, 6.07) is 22.2. The van der Waals surface area contributed by atoms with E-state index in [1.807, 2.05) is 30.3 Å². The maximum atomic E-state index is 12.8. The molecule has 1 atom stereocenters. The lowest BCUT2D eigenvalue weighted by atomic mass is 10.1. The third kappa shape index (κ3) is 6.92.